The van der Waals surface area contributed by atoms with Crippen molar-refractivity contribution in [2.75, 3.05) is 0 Å². The number of hydrogen-bond donors (Lipinski definition) is 1. The van der Waals surface area contributed by atoms with Gasteiger partial charge in [-0.1, -0.05) is 12.1 Å². The second kappa shape index (κ2) is 5.28. The number of benzene rings is 2. The van der Waals surface area contributed by atoms with E-state index < -0.39 is 0 Å². The van der Waals surface area contributed by atoms with Crippen LogP contribution in [0.4, 0.5) is 0 Å². The predicted molar refractivity (Wildman–Crippen MR) is 66.6 cm³/mol. The van der Waals surface area contributed by atoms with Gasteiger partial charge in [0.05, 0.1) is 16.7 Å². The molecule has 3 aromatic rings. The third-order valence-corrected chi connectivity index (χ3v) is 2.58. The molecular formula is C14H9N2OW-. The number of H-pyrrole nitrogens is 1. The third kappa shape index (κ3) is 2.27. The molecule has 0 bridgehead atoms. The minimum Gasteiger partial charge on any atom is -0.346 e. The van der Waals surface area contributed by atoms with Crippen molar-refractivity contribution in [3.63, 3.8) is 0 Å². The number of nitrogens with zero attached hydrogens (tertiary/aromatic N) is 1. The van der Waals surface area contributed by atoms with E-state index in [1.807, 2.05) is 36.4 Å². The normalized spacial score (nSPS) is 10.0. The Morgan fingerprint density at radius 2 is 1.83 bits per heavy atom. The Balaban J connectivity index is 0.00000120. The molecule has 0 aliphatic carbocycles. The molecule has 18 heavy (non-hydrogen) atoms. The fraction of sp³-hybridized carbons (Fsp3) is 0. The van der Waals surface area contributed by atoms with E-state index in [0.29, 0.717) is 16.7 Å². The van der Waals surface area contributed by atoms with Crippen LogP contribution in [0, 0.1) is 6.07 Å². The van der Waals surface area contributed by atoms with Crippen molar-refractivity contribution in [2.45, 2.75) is 0 Å². The van der Waals surface area contributed by atoms with Gasteiger partial charge in [0, 0.05) is 21.1 Å². The van der Waals surface area contributed by atoms with E-state index in [1.54, 1.807) is 12.1 Å². The summed E-state index contributed by atoms with van der Waals surface area (Å²) in [5, 5.41) is 0.604. The van der Waals surface area contributed by atoms with Crippen LogP contribution in [0.2, 0.25) is 0 Å². The van der Waals surface area contributed by atoms with Gasteiger partial charge in [-0.25, -0.2) is 0 Å². The molecular weight excluding hydrogens is 396 g/mol. The van der Waals surface area contributed by atoms with Crippen molar-refractivity contribution in [2.24, 2.45) is 0 Å². The molecule has 88 valence electrons. The molecule has 1 heterocycles. The first-order chi connectivity index (χ1) is 8.34. The molecule has 0 saturated heterocycles. The SMILES string of the molecule is O=c1[nH]c(-c2[c-]cccc2)nc2ccccc12.[W]. The van der Waals surface area contributed by atoms with E-state index >= 15 is 0 Å². The first kappa shape index (κ1) is 12.7. The fourth-order valence-corrected chi connectivity index (χ4v) is 1.75. The number of para-hydroxylation sites is 1. The van der Waals surface area contributed by atoms with Gasteiger partial charge in [-0.3, -0.25) is 9.78 Å². The first-order valence-electron chi connectivity index (χ1n) is 5.31. The topological polar surface area (TPSA) is 45.8 Å². The Morgan fingerprint density at radius 1 is 1.06 bits per heavy atom. The van der Waals surface area contributed by atoms with Crippen LogP contribution in [0.5, 0.6) is 0 Å². The van der Waals surface area contributed by atoms with Gasteiger partial charge < -0.3 is 4.98 Å². The molecule has 0 saturated carbocycles. The van der Waals surface area contributed by atoms with Crippen LogP contribution in [-0.4, -0.2) is 9.97 Å². The summed E-state index contributed by atoms with van der Waals surface area (Å²) < 4.78 is 0. The second-order valence-electron chi connectivity index (χ2n) is 3.71. The van der Waals surface area contributed by atoms with E-state index in [-0.39, 0.29) is 26.6 Å². The number of hydrogen-bond acceptors (Lipinski definition) is 2. The fourth-order valence-electron chi connectivity index (χ4n) is 1.75. The molecule has 0 atom stereocenters. The number of fused-ring (bicyclic) bond motifs is 1. The van der Waals surface area contributed by atoms with E-state index in [9.17, 15) is 4.79 Å². The van der Waals surface area contributed by atoms with Gasteiger partial charge in [0.1, 0.15) is 0 Å². The molecule has 4 heteroatoms. The minimum atomic E-state index is -0.122. The monoisotopic (exact) mass is 405 g/mol. The van der Waals surface area contributed by atoms with E-state index in [4.69, 9.17) is 0 Å². The van der Waals surface area contributed by atoms with E-state index in [1.165, 1.54) is 0 Å². The molecule has 0 fully saturated rings. The van der Waals surface area contributed by atoms with Gasteiger partial charge in [-0.05, 0) is 12.1 Å². The van der Waals surface area contributed by atoms with Crippen molar-refractivity contribution < 1.29 is 21.1 Å². The molecule has 0 aliphatic heterocycles. The zero-order valence-electron chi connectivity index (χ0n) is 9.38. The molecule has 3 nitrogen and oxygen atoms in total. The largest absolute Gasteiger partial charge is 0.346 e. The summed E-state index contributed by atoms with van der Waals surface area (Å²) in [4.78, 5) is 19.1. The molecule has 1 N–H and O–H groups in total. The van der Waals surface area contributed by atoms with Crippen LogP contribution in [0.1, 0.15) is 0 Å². The van der Waals surface area contributed by atoms with Crippen molar-refractivity contribution in [1.29, 1.82) is 0 Å². The summed E-state index contributed by atoms with van der Waals surface area (Å²) in [5.41, 5.74) is 1.36. The number of aromatic nitrogens is 2. The summed E-state index contributed by atoms with van der Waals surface area (Å²) >= 11 is 0. The van der Waals surface area contributed by atoms with Crippen LogP contribution in [0.3, 0.4) is 0 Å². The Hall–Kier alpha value is -1.73. The Bertz CT molecular complexity index is 722. The molecule has 0 amide bonds. The standard InChI is InChI=1S/C14H9N2O.W/c17-14-11-8-4-5-9-12(11)15-13(16-14)10-6-2-1-3-7-10;/h1-6,8-9H,(H,15,16,17);/q-1;. The van der Waals surface area contributed by atoms with Gasteiger partial charge in [0.25, 0.3) is 5.56 Å². The third-order valence-electron chi connectivity index (χ3n) is 2.58. The average Bonchev–Trinajstić information content (AvgIpc) is 2.40. The quantitative estimate of drug-likeness (QED) is 0.633. The molecule has 1 aromatic heterocycles. The van der Waals surface area contributed by atoms with E-state index in [2.05, 4.69) is 16.0 Å². The number of nitrogens with one attached hydrogen (secondary N) is 1. The van der Waals surface area contributed by atoms with Crippen LogP contribution in [0.25, 0.3) is 22.3 Å². The molecule has 3 rings (SSSR count). The maximum atomic E-state index is 11.9. The zero-order valence-corrected chi connectivity index (χ0v) is 12.3. The Morgan fingerprint density at radius 3 is 2.61 bits per heavy atom. The first-order valence-corrected chi connectivity index (χ1v) is 5.31. The molecule has 2 aromatic carbocycles. The molecule has 0 unspecified atom stereocenters. The number of aromatic amines is 1. The smallest absolute Gasteiger partial charge is 0.250 e. The summed E-state index contributed by atoms with van der Waals surface area (Å²) in [6.45, 7) is 0. The average molecular weight is 405 g/mol. The molecule has 0 radical (unpaired) electrons. The van der Waals surface area contributed by atoms with Crippen molar-refractivity contribution in [1.82, 2.24) is 9.97 Å². The van der Waals surface area contributed by atoms with Crippen molar-refractivity contribution in [3.05, 3.63) is 65.0 Å². The summed E-state index contributed by atoms with van der Waals surface area (Å²) in [6.07, 6.45) is 0. The summed E-state index contributed by atoms with van der Waals surface area (Å²) in [7, 11) is 0. The maximum absolute atomic E-state index is 11.9. The Labute approximate surface area is 118 Å². The zero-order chi connectivity index (χ0) is 11.7. The van der Waals surface area contributed by atoms with Gasteiger partial charge >= 0.3 is 0 Å². The number of rotatable bonds is 1. The predicted octanol–water partition coefficient (Wildman–Crippen LogP) is 2.39. The van der Waals surface area contributed by atoms with Crippen LogP contribution in [0.15, 0.2) is 53.3 Å². The van der Waals surface area contributed by atoms with Crippen LogP contribution in [-0.2, 0) is 21.1 Å². The summed E-state index contributed by atoms with van der Waals surface area (Å²) in [6, 6.07) is 17.8. The van der Waals surface area contributed by atoms with Crippen LogP contribution >= 0.6 is 0 Å². The van der Waals surface area contributed by atoms with Gasteiger partial charge in [-0.15, -0.1) is 35.9 Å². The summed E-state index contributed by atoms with van der Waals surface area (Å²) in [5.74, 6) is 0.550. The second-order valence-corrected chi connectivity index (χ2v) is 3.71. The van der Waals surface area contributed by atoms with Gasteiger partial charge in [-0.2, -0.15) is 0 Å². The van der Waals surface area contributed by atoms with Gasteiger partial charge in [0.2, 0.25) is 0 Å². The van der Waals surface area contributed by atoms with Crippen molar-refractivity contribution in [3.8, 4) is 11.4 Å². The van der Waals surface area contributed by atoms with Crippen LogP contribution < -0.4 is 5.56 Å². The molecule has 0 spiro atoms. The van der Waals surface area contributed by atoms with E-state index in [0.717, 1.165) is 5.56 Å². The van der Waals surface area contributed by atoms with Crippen molar-refractivity contribution >= 4 is 10.9 Å². The van der Waals surface area contributed by atoms with Gasteiger partial charge in [0.15, 0.2) is 0 Å². The Kier molecular flexibility index (Phi) is 3.73. The minimum absolute atomic E-state index is 0. The maximum Gasteiger partial charge on any atom is 0.250 e. The molecule has 0 aliphatic rings.